The second kappa shape index (κ2) is 6.23. The topological polar surface area (TPSA) is 20.3 Å². The first kappa shape index (κ1) is 14.1. The molecular weight excluding hydrogens is 234 g/mol. The third-order valence-electron chi connectivity index (χ3n) is 3.99. The van der Waals surface area contributed by atoms with E-state index in [-0.39, 0.29) is 5.92 Å². The van der Waals surface area contributed by atoms with Crippen molar-refractivity contribution in [1.29, 1.82) is 0 Å². The maximum absolute atomic E-state index is 12.5. The molecule has 1 aromatic rings. The molecule has 1 fully saturated rings. The van der Waals surface area contributed by atoms with Crippen molar-refractivity contribution in [2.45, 2.75) is 33.6 Å². The Morgan fingerprint density at radius 2 is 1.79 bits per heavy atom. The number of piperidine rings is 1. The Labute approximate surface area is 116 Å². The van der Waals surface area contributed by atoms with E-state index in [1.165, 1.54) is 12.0 Å². The molecule has 2 heteroatoms. The molecule has 1 saturated heterocycles. The van der Waals surface area contributed by atoms with Gasteiger partial charge in [0.05, 0.1) is 0 Å². The van der Waals surface area contributed by atoms with Gasteiger partial charge in [-0.1, -0.05) is 51.1 Å². The zero-order valence-electron chi connectivity index (χ0n) is 12.3. The molecule has 0 N–H and O–H groups in total. The predicted octanol–water partition coefficient (Wildman–Crippen LogP) is 3.37. The van der Waals surface area contributed by atoms with Crippen LogP contribution in [0.25, 0.3) is 0 Å². The van der Waals surface area contributed by atoms with Crippen LogP contribution in [-0.4, -0.2) is 23.9 Å². The molecule has 0 aromatic heterocycles. The highest BCUT2D eigenvalue weighted by Crippen LogP contribution is 2.23. The number of rotatable bonds is 3. The van der Waals surface area contributed by atoms with Gasteiger partial charge in [-0.3, -0.25) is 4.79 Å². The zero-order chi connectivity index (χ0) is 13.8. The van der Waals surface area contributed by atoms with E-state index in [0.717, 1.165) is 19.5 Å². The van der Waals surface area contributed by atoms with Crippen LogP contribution >= 0.6 is 0 Å². The van der Waals surface area contributed by atoms with Gasteiger partial charge in [-0.15, -0.1) is 0 Å². The van der Waals surface area contributed by atoms with Crippen molar-refractivity contribution in [2.24, 2.45) is 17.8 Å². The summed E-state index contributed by atoms with van der Waals surface area (Å²) >= 11 is 0. The van der Waals surface area contributed by atoms with Gasteiger partial charge in [0.15, 0.2) is 0 Å². The highest BCUT2D eigenvalue weighted by molar-refractivity contribution is 5.79. The van der Waals surface area contributed by atoms with Crippen LogP contribution in [0.15, 0.2) is 30.3 Å². The van der Waals surface area contributed by atoms with Crippen molar-refractivity contribution in [3.63, 3.8) is 0 Å². The summed E-state index contributed by atoms with van der Waals surface area (Å²) in [5, 5.41) is 0. The van der Waals surface area contributed by atoms with E-state index in [9.17, 15) is 4.79 Å². The molecule has 0 spiro atoms. The molecule has 3 atom stereocenters. The Morgan fingerprint density at radius 3 is 2.37 bits per heavy atom. The molecule has 1 aliphatic rings. The fraction of sp³-hybridized carbons (Fsp3) is 0.588. The Bertz CT molecular complexity index is 405. The van der Waals surface area contributed by atoms with E-state index in [1.807, 2.05) is 18.2 Å². The SMILES string of the molecule is CC1CC(C)CN(C(=O)C(C)Cc2ccccc2)C1. The average Bonchev–Trinajstić information content (AvgIpc) is 2.37. The number of carbonyl (C=O) groups excluding carboxylic acids is 1. The lowest BCUT2D eigenvalue weighted by Crippen LogP contribution is -2.45. The molecule has 1 amide bonds. The number of carbonyl (C=O) groups is 1. The van der Waals surface area contributed by atoms with Crippen molar-refractivity contribution in [2.75, 3.05) is 13.1 Å². The first-order chi connectivity index (χ1) is 9.06. The van der Waals surface area contributed by atoms with Crippen LogP contribution in [0, 0.1) is 17.8 Å². The fourth-order valence-electron chi connectivity index (χ4n) is 3.21. The van der Waals surface area contributed by atoms with E-state index in [4.69, 9.17) is 0 Å². The number of benzene rings is 1. The largest absolute Gasteiger partial charge is 0.342 e. The smallest absolute Gasteiger partial charge is 0.225 e. The highest BCUT2D eigenvalue weighted by atomic mass is 16.2. The molecule has 0 radical (unpaired) electrons. The summed E-state index contributed by atoms with van der Waals surface area (Å²) in [4.78, 5) is 14.6. The average molecular weight is 259 g/mol. The standard InChI is InChI=1S/C17H25NO/c1-13-9-14(2)12-18(11-13)17(19)15(3)10-16-7-5-4-6-8-16/h4-8,13-15H,9-12H2,1-3H3. The second-order valence-electron chi connectivity index (χ2n) is 6.28. The molecule has 1 aliphatic heterocycles. The molecule has 0 bridgehead atoms. The minimum atomic E-state index is 0.0832. The lowest BCUT2D eigenvalue weighted by atomic mass is 9.90. The van der Waals surface area contributed by atoms with Gasteiger partial charge in [-0.2, -0.15) is 0 Å². The fourth-order valence-corrected chi connectivity index (χ4v) is 3.21. The van der Waals surface area contributed by atoms with Gasteiger partial charge >= 0.3 is 0 Å². The zero-order valence-corrected chi connectivity index (χ0v) is 12.3. The van der Waals surface area contributed by atoms with Gasteiger partial charge in [0.25, 0.3) is 0 Å². The molecule has 104 valence electrons. The molecule has 2 rings (SSSR count). The van der Waals surface area contributed by atoms with Crippen LogP contribution in [0.2, 0.25) is 0 Å². The van der Waals surface area contributed by atoms with E-state index in [2.05, 4.69) is 37.8 Å². The first-order valence-electron chi connectivity index (χ1n) is 7.39. The quantitative estimate of drug-likeness (QED) is 0.815. The van der Waals surface area contributed by atoms with E-state index in [1.54, 1.807) is 0 Å². The third-order valence-corrected chi connectivity index (χ3v) is 3.99. The summed E-state index contributed by atoms with van der Waals surface area (Å²) in [6.45, 7) is 8.42. The van der Waals surface area contributed by atoms with E-state index < -0.39 is 0 Å². The van der Waals surface area contributed by atoms with Gasteiger partial charge < -0.3 is 4.90 Å². The van der Waals surface area contributed by atoms with Crippen molar-refractivity contribution in [1.82, 2.24) is 4.90 Å². The summed E-state index contributed by atoms with van der Waals surface area (Å²) < 4.78 is 0. The molecule has 3 unspecified atom stereocenters. The highest BCUT2D eigenvalue weighted by Gasteiger charge is 2.28. The molecule has 1 heterocycles. The van der Waals surface area contributed by atoms with Gasteiger partial charge in [-0.05, 0) is 30.2 Å². The summed E-state index contributed by atoms with van der Waals surface area (Å²) in [7, 11) is 0. The minimum absolute atomic E-state index is 0.0832. The van der Waals surface area contributed by atoms with Crippen LogP contribution in [0.5, 0.6) is 0 Å². The Hall–Kier alpha value is -1.31. The number of likely N-dealkylation sites (tertiary alicyclic amines) is 1. The Kier molecular flexibility index (Phi) is 4.62. The molecule has 1 aromatic carbocycles. The second-order valence-corrected chi connectivity index (χ2v) is 6.28. The summed E-state index contributed by atoms with van der Waals surface area (Å²) in [6.07, 6.45) is 2.09. The third kappa shape index (κ3) is 3.82. The van der Waals surface area contributed by atoms with Gasteiger partial charge in [0.1, 0.15) is 0 Å². The molecule has 19 heavy (non-hydrogen) atoms. The lowest BCUT2D eigenvalue weighted by Gasteiger charge is -2.36. The monoisotopic (exact) mass is 259 g/mol. The number of hydrogen-bond donors (Lipinski definition) is 0. The van der Waals surface area contributed by atoms with Gasteiger partial charge in [0, 0.05) is 19.0 Å². The van der Waals surface area contributed by atoms with Crippen molar-refractivity contribution < 1.29 is 4.79 Å². The predicted molar refractivity (Wildman–Crippen MR) is 78.8 cm³/mol. The molecule has 0 saturated carbocycles. The number of nitrogens with zero attached hydrogens (tertiary/aromatic N) is 1. The number of hydrogen-bond acceptors (Lipinski definition) is 1. The van der Waals surface area contributed by atoms with Crippen LogP contribution < -0.4 is 0 Å². The van der Waals surface area contributed by atoms with Gasteiger partial charge in [-0.25, -0.2) is 0 Å². The van der Waals surface area contributed by atoms with Gasteiger partial charge in [0.2, 0.25) is 5.91 Å². The Balaban J connectivity index is 1.95. The normalized spacial score (nSPS) is 25.1. The Morgan fingerprint density at radius 1 is 1.21 bits per heavy atom. The van der Waals surface area contributed by atoms with Crippen molar-refractivity contribution in [3.05, 3.63) is 35.9 Å². The number of amides is 1. The van der Waals surface area contributed by atoms with Crippen LogP contribution in [0.1, 0.15) is 32.8 Å². The molecule has 2 nitrogen and oxygen atoms in total. The van der Waals surface area contributed by atoms with Crippen LogP contribution in [0.4, 0.5) is 0 Å². The molecular formula is C17H25NO. The summed E-state index contributed by atoms with van der Waals surface area (Å²) in [5.74, 6) is 1.68. The van der Waals surface area contributed by atoms with E-state index in [0.29, 0.717) is 17.7 Å². The van der Waals surface area contributed by atoms with Crippen LogP contribution in [0.3, 0.4) is 0 Å². The lowest BCUT2D eigenvalue weighted by molar-refractivity contribution is -0.137. The van der Waals surface area contributed by atoms with E-state index >= 15 is 0 Å². The van der Waals surface area contributed by atoms with Crippen molar-refractivity contribution >= 4 is 5.91 Å². The maximum Gasteiger partial charge on any atom is 0.225 e. The molecule has 0 aliphatic carbocycles. The minimum Gasteiger partial charge on any atom is -0.342 e. The van der Waals surface area contributed by atoms with Crippen LogP contribution in [-0.2, 0) is 11.2 Å². The first-order valence-corrected chi connectivity index (χ1v) is 7.39. The summed E-state index contributed by atoms with van der Waals surface area (Å²) in [5.41, 5.74) is 1.25. The van der Waals surface area contributed by atoms with Crippen molar-refractivity contribution in [3.8, 4) is 0 Å². The maximum atomic E-state index is 12.5. The summed E-state index contributed by atoms with van der Waals surface area (Å²) in [6, 6.07) is 10.3.